The maximum Gasteiger partial charge on any atom is 0.130 e. The van der Waals surface area contributed by atoms with E-state index in [1.165, 1.54) is 31.5 Å². The van der Waals surface area contributed by atoms with Crippen LogP contribution in [0.2, 0.25) is 0 Å². The molecule has 2 aromatic carbocycles. The average Bonchev–Trinajstić information content (AvgIpc) is 3.45. The first-order valence-electron chi connectivity index (χ1n) is 10.7. The smallest absolute Gasteiger partial charge is 0.130 e. The number of pyridine rings is 1. The number of hydrogen-bond acceptors (Lipinski definition) is 5. The molecule has 3 heterocycles. The van der Waals surface area contributed by atoms with Gasteiger partial charge in [-0.25, -0.2) is 4.98 Å². The zero-order valence-corrected chi connectivity index (χ0v) is 17.8. The summed E-state index contributed by atoms with van der Waals surface area (Å²) in [6.45, 7) is 7.65. The number of likely N-dealkylation sites (tertiary alicyclic amines) is 1. The van der Waals surface area contributed by atoms with Gasteiger partial charge in [-0.1, -0.05) is 42.1 Å². The molecular formula is C25H26N6. The highest BCUT2D eigenvalue weighted by atomic mass is 15.4. The molecule has 4 aromatic rings. The van der Waals surface area contributed by atoms with E-state index in [4.69, 9.17) is 0 Å². The molecule has 0 spiro atoms. The third-order valence-electron chi connectivity index (χ3n) is 5.78. The number of rotatable bonds is 6. The third kappa shape index (κ3) is 4.34. The van der Waals surface area contributed by atoms with Crippen molar-refractivity contribution in [1.82, 2.24) is 24.9 Å². The van der Waals surface area contributed by atoms with Crippen molar-refractivity contribution in [2.75, 3.05) is 18.4 Å². The quantitative estimate of drug-likeness (QED) is 0.499. The Morgan fingerprint density at radius 2 is 1.94 bits per heavy atom. The summed E-state index contributed by atoms with van der Waals surface area (Å²) >= 11 is 0. The minimum atomic E-state index is 0.777. The van der Waals surface area contributed by atoms with Crippen molar-refractivity contribution < 1.29 is 0 Å². The fourth-order valence-electron chi connectivity index (χ4n) is 4.13. The molecule has 31 heavy (non-hydrogen) atoms. The van der Waals surface area contributed by atoms with Gasteiger partial charge in [0.05, 0.1) is 6.20 Å². The van der Waals surface area contributed by atoms with Gasteiger partial charge >= 0.3 is 0 Å². The Bertz CT molecular complexity index is 1240. The molecule has 6 heteroatoms. The van der Waals surface area contributed by atoms with E-state index in [1.807, 2.05) is 25.5 Å². The van der Waals surface area contributed by atoms with E-state index in [0.717, 1.165) is 45.7 Å². The van der Waals surface area contributed by atoms with Crippen molar-refractivity contribution in [1.29, 1.82) is 0 Å². The highest BCUT2D eigenvalue weighted by molar-refractivity contribution is 5.89. The van der Waals surface area contributed by atoms with E-state index >= 15 is 0 Å². The van der Waals surface area contributed by atoms with Gasteiger partial charge in [-0.05, 0) is 60.6 Å². The van der Waals surface area contributed by atoms with Crippen LogP contribution in [0.25, 0.3) is 27.7 Å². The lowest BCUT2D eigenvalue weighted by atomic mass is 10.1. The predicted molar refractivity (Wildman–Crippen MR) is 125 cm³/mol. The van der Waals surface area contributed by atoms with E-state index < -0.39 is 0 Å². The first-order chi connectivity index (χ1) is 15.1. The summed E-state index contributed by atoms with van der Waals surface area (Å²) in [5, 5.41) is 13.8. The van der Waals surface area contributed by atoms with E-state index in [1.54, 1.807) is 4.68 Å². The van der Waals surface area contributed by atoms with Crippen LogP contribution in [0.3, 0.4) is 0 Å². The SMILES string of the molecule is C=C(Nc1cc2cc(-c3cn(C)nn3)ccc2cn1)c1cccc(CN2CCCC2)c1. The molecule has 1 N–H and O–H groups in total. The Balaban J connectivity index is 1.35. The summed E-state index contributed by atoms with van der Waals surface area (Å²) in [6, 6.07) is 16.9. The van der Waals surface area contributed by atoms with Gasteiger partial charge < -0.3 is 5.32 Å². The molecule has 1 fully saturated rings. The normalized spacial score (nSPS) is 14.2. The van der Waals surface area contributed by atoms with E-state index in [9.17, 15) is 0 Å². The predicted octanol–water partition coefficient (Wildman–Crippen LogP) is 4.71. The number of fused-ring (bicyclic) bond motifs is 1. The zero-order valence-electron chi connectivity index (χ0n) is 17.8. The standard InChI is InChI=1S/C25H26N6/c1-18(20-7-5-6-19(12-20)16-31-10-3-4-11-31)27-25-14-23-13-21(8-9-22(23)15-26-25)24-17-30(2)29-28-24/h5-9,12-15,17H,1,3-4,10-11,16H2,2H3,(H,26,27). The second kappa shape index (κ2) is 8.32. The molecule has 0 radical (unpaired) electrons. The van der Waals surface area contributed by atoms with Crippen molar-refractivity contribution >= 4 is 22.3 Å². The van der Waals surface area contributed by atoms with Crippen LogP contribution in [0.5, 0.6) is 0 Å². The first kappa shape index (κ1) is 19.5. The van der Waals surface area contributed by atoms with E-state index in [2.05, 4.69) is 74.6 Å². The van der Waals surface area contributed by atoms with Gasteiger partial charge in [-0.15, -0.1) is 5.10 Å². The molecule has 0 unspecified atom stereocenters. The molecule has 1 saturated heterocycles. The summed E-state index contributed by atoms with van der Waals surface area (Å²) in [7, 11) is 1.87. The van der Waals surface area contributed by atoms with Gasteiger partial charge in [-0.3, -0.25) is 9.58 Å². The molecule has 0 amide bonds. The summed E-state index contributed by atoms with van der Waals surface area (Å²) in [4.78, 5) is 7.08. The molecule has 0 aliphatic carbocycles. The van der Waals surface area contributed by atoms with Crippen molar-refractivity contribution in [3.8, 4) is 11.3 Å². The number of nitrogens with zero attached hydrogens (tertiary/aromatic N) is 5. The lowest BCUT2D eigenvalue weighted by Gasteiger charge is -2.16. The summed E-state index contributed by atoms with van der Waals surface area (Å²) in [5.41, 5.74) is 5.15. The second-order valence-corrected chi connectivity index (χ2v) is 8.20. The molecule has 0 bridgehead atoms. The van der Waals surface area contributed by atoms with E-state index in [-0.39, 0.29) is 0 Å². The van der Waals surface area contributed by atoms with Gasteiger partial charge in [0.1, 0.15) is 11.5 Å². The highest BCUT2D eigenvalue weighted by Gasteiger charge is 2.12. The Hall–Kier alpha value is -3.51. The monoisotopic (exact) mass is 410 g/mol. The zero-order chi connectivity index (χ0) is 21.2. The molecule has 1 aliphatic rings. The van der Waals surface area contributed by atoms with Crippen LogP contribution in [0.1, 0.15) is 24.0 Å². The third-order valence-corrected chi connectivity index (χ3v) is 5.78. The van der Waals surface area contributed by atoms with Crippen LogP contribution in [-0.4, -0.2) is 38.0 Å². The lowest BCUT2D eigenvalue weighted by molar-refractivity contribution is 0.331. The Labute approximate surface area is 182 Å². The van der Waals surface area contributed by atoms with Gasteiger partial charge in [0.15, 0.2) is 0 Å². The highest BCUT2D eigenvalue weighted by Crippen LogP contribution is 2.25. The number of aryl methyl sites for hydroxylation is 1. The number of nitrogens with one attached hydrogen (secondary N) is 1. The molecule has 0 atom stereocenters. The fourth-order valence-corrected chi connectivity index (χ4v) is 4.13. The second-order valence-electron chi connectivity index (χ2n) is 8.20. The van der Waals surface area contributed by atoms with Crippen molar-refractivity contribution in [3.63, 3.8) is 0 Å². The molecular weight excluding hydrogens is 384 g/mol. The number of aromatic nitrogens is 4. The van der Waals surface area contributed by atoms with Gasteiger partial charge in [-0.2, -0.15) is 0 Å². The largest absolute Gasteiger partial charge is 0.340 e. The molecule has 5 rings (SSSR count). The molecule has 1 aliphatic heterocycles. The maximum absolute atomic E-state index is 4.57. The Kier molecular flexibility index (Phi) is 5.22. The van der Waals surface area contributed by atoms with Crippen LogP contribution in [0.4, 0.5) is 5.82 Å². The lowest BCUT2D eigenvalue weighted by Crippen LogP contribution is -2.18. The Morgan fingerprint density at radius 1 is 1.06 bits per heavy atom. The minimum Gasteiger partial charge on any atom is -0.340 e. The summed E-state index contributed by atoms with van der Waals surface area (Å²) < 4.78 is 1.71. The molecule has 0 saturated carbocycles. The molecule has 156 valence electrons. The topological polar surface area (TPSA) is 58.9 Å². The van der Waals surface area contributed by atoms with Gasteiger partial charge in [0.2, 0.25) is 0 Å². The van der Waals surface area contributed by atoms with Crippen LogP contribution in [0, 0.1) is 0 Å². The molecule has 6 nitrogen and oxygen atoms in total. The van der Waals surface area contributed by atoms with Crippen molar-refractivity contribution in [3.05, 3.63) is 78.6 Å². The van der Waals surface area contributed by atoms with Gasteiger partial charge in [0.25, 0.3) is 0 Å². The van der Waals surface area contributed by atoms with Crippen LogP contribution < -0.4 is 5.32 Å². The number of anilines is 1. The molecule has 2 aromatic heterocycles. The van der Waals surface area contributed by atoms with Gasteiger partial charge in [0, 0.05) is 36.4 Å². The van der Waals surface area contributed by atoms with Crippen molar-refractivity contribution in [2.45, 2.75) is 19.4 Å². The fraction of sp³-hybridized carbons (Fsp3) is 0.240. The minimum absolute atomic E-state index is 0.777. The average molecular weight is 411 g/mol. The number of benzene rings is 2. The van der Waals surface area contributed by atoms with Crippen LogP contribution in [0.15, 0.2) is 67.5 Å². The number of hydrogen-bond donors (Lipinski definition) is 1. The summed E-state index contributed by atoms with van der Waals surface area (Å²) in [5.74, 6) is 0.777. The first-order valence-corrected chi connectivity index (χ1v) is 10.7. The van der Waals surface area contributed by atoms with Crippen molar-refractivity contribution in [2.24, 2.45) is 7.05 Å². The summed E-state index contributed by atoms with van der Waals surface area (Å²) in [6.07, 6.45) is 6.41. The maximum atomic E-state index is 4.57. The Morgan fingerprint density at radius 3 is 2.74 bits per heavy atom. The van der Waals surface area contributed by atoms with Crippen LogP contribution >= 0.6 is 0 Å². The van der Waals surface area contributed by atoms with E-state index in [0.29, 0.717) is 0 Å². The van der Waals surface area contributed by atoms with Crippen LogP contribution in [-0.2, 0) is 13.6 Å².